The molecule has 0 unspecified atom stereocenters. The molecule has 2 N–H and O–H groups in total. The highest BCUT2D eigenvalue weighted by atomic mass is 16.2. The largest absolute Gasteiger partial charge is 0.324 e. The van der Waals surface area contributed by atoms with Gasteiger partial charge in [0.05, 0.1) is 5.69 Å². The predicted octanol–water partition coefficient (Wildman–Crippen LogP) is 3.71. The van der Waals surface area contributed by atoms with Gasteiger partial charge in [0.2, 0.25) is 5.91 Å². The van der Waals surface area contributed by atoms with E-state index in [0.717, 1.165) is 33.6 Å². The number of benzene rings is 2. The van der Waals surface area contributed by atoms with Crippen LogP contribution in [0, 0.1) is 34.6 Å². The van der Waals surface area contributed by atoms with E-state index in [-0.39, 0.29) is 24.1 Å². The van der Waals surface area contributed by atoms with Gasteiger partial charge in [0, 0.05) is 11.4 Å². The first kappa shape index (κ1) is 20.3. The minimum atomic E-state index is -0.347. The number of nitrogens with one attached hydrogen (secondary N) is 2. The lowest BCUT2D eigenvalue weighted by Gasteiger charge is -2.11. The maximum absolute atomic E-state index is 12.7. The van der Waals surface area contributed by atoms with Gasteiger partial charge in [-0.3, -0.25) is 9.59 Å². The number of amides is 2. The van der Waals surface area contributed by atoms with Crippen molar-refractivity contribution in [2.24, 2.45) is 0 Å². The molecule has 7 heteroatoms. The van der Waals surface area contributed by atoms with Crippen molar-refractivity contribution >= 4 is 23.2 Å². The van der Waals surface area contributed by atoms with Crippen LogP contribution in [0.5, 0.6) is 0 Å². The van der Waals surface area contributed by atoms with Crippen LogP contribution >= 0.6 is 0 Å². The van der Waals surface area contributed by atoms with Crippen LogP contribution in [-0.2, 0) is 11.3 Å². The van der Waals surface area contributed by atoms with Gasteiger partial charge >= 0.3 is 0 Å². The molecule has 0 saturated heterocycles. The van der Waals surface area contributed by atoms with Gasteiger partial charge in [-0.15, -0.1) is 5.10 Å². The number of carbonyl (C=O) groups is 2. The summed E-state index contributed by atoms with van der Waals surface area (Å²) in [5, 5.41) is 13.7. The molecule has 150 valence electrons. The molecular weight excluding hydrogens is 366 g/mol. The topological polar surface area (TPSA) is 88.9 Å². The molecule has 3 aromatic rings. The number of carbonyl (C=O) groups excluding carboxylic acids is 2. The second-order valence-corrected chi connectivity index (χ2v) is 7.25. The van der Waals surface area contributed by atoms with Crippen LogP contribution in [0.25, 0.3) is 0 Å². The van der Waals surface area contributed by atoms with E-state index >= 15 is 0 Å². The summed E-state index contributed by atoms with van der Waals surface area (Å²) in [4.78, 5) is 25.1. The van der Waals surface area contributed by atoms with Gasteiger partial charge < -0.3 is 10.6 Å². The molecule has 0 radical (unpaired) electrons. The summed E-state index contributed by atoms with van der Waals surface area (Å²) in [5.41, 5.74) is 6.42. The third kappa shape index (κ3) is 4.51. The second-order valence-electron chi connectivity index (χ2n) is 7.25. The van der Waals surface area contributed by atoms with Crippen molar-refractivity contribution in [1.29, 1.82) is 0 Å². The molecular formula is C22H25N5O2. The number of para-hydroxylation sites is 1. The molecule has 0 spiro atoms. The average molecular weight is 391 g/mol. The molecule has 2 amide bonds. The van der Waals surface area contributed by atoms with Gasteiger partial charge in [0.25, 0.3) is 5.91 Å². The fraction of sp³-hybridized carbons (Fsp3) is 0.273. The minimum Gasteiger partial charge on any atom is -0.324 e. The van der Waals surface area contributed by atoms with Crippen LogP contribution in [-0.4, -0.2) is 26.8 Å². The normalized spacial score (nSPS) is 10.7. The van der Waals surface area contributed by atoms with Gasteiger partial charge in [-0.25, -0.2) is 4.68 Å². The van der Waals surface area contributed by atoms with Gasteiger partial charge in [0.1, 0.15) is 6.54 Å². The lowest BCUT2D eigenvalue weighted by molar-refractivity contribution is -0.117. The summed E-state index contributed by atoms with van der Waals surface area (Å²) in [7, 11) is 0. The van der Waals surface area contributed by atoms with Gasteiger partial charge in [-0.05, 0) is 69.0 Å². The molecule has 1 aromatic heterocycles. The minimum absolute atomic E-state index is 0.0254. The number of hydrogen-bond donors (Lipinski definition) is 2. The Morgan fingerprint density at radius 3 is 2.24 bits per heavy atom. The zero-order chi connectivity index (χ0) is 21.1. The smallest absolute Gasteiger partial charge is 0.278 e. The maximum atomic E-state index is 12.7. The van der Waals surface area contributed by atoms with E-state index in [1.165, 1.54) is 4.68 Å². The van der Waals surface area contributed by atoms with Crippen LogP contribution in [0.4, 0.5) is 11.4 Å². The van der Waals surface area contributed by atoms with Crippen molar-refractivity contribution in [1.82, 2.24) is 15.0 Å². The van der Waals surface area contributed by atoms with E-state index in [2.05, 4.69) is 20.9 Å². The molecule has 29 heavy (non-hydrogen) atoms. The number of nitrogens with zero attached hydrogens (tertiary/aromatic N) is 3. The Balaban J connectivity index is 1.70. The summed E-state index contributed by atoms with van der Waals surface area (Å²) < 4.78 is 1.43. The van der Waals surface area contributed by atoms with Crippen molar-refractivity contribution in [2.45, 2.75) is 41.2 Å². The lowest BCUT2D eigenvalue weighted by Crippen LogP contribution is -2.21. The molecule has 0 fully saturated rings. The maximum Gasteiger partial charge on any atom is 0.278 e. The first-order valence-electron chi connectivity index (χ1n) is 9.41. The zero-order valence-corrected chi connectivity index (χ0v) is 17.3. The highest BCUT2D eigenvalue weighted by molar-refractivity contribution is 6.04. The number of hydrogen-bond acceptors (Lipinski definition) is 4. The van der Waals surface area contributed by atoms with E-state index in [1.54, 1.807) is 6.92 Å². The Bertz CT molecular complexity index is 1060. The Morgan fingerprint density at radius 1 is 0.897 bits per heavy atom. The van der Waals surface area contributed by atoms with Crippen molar-refractivity contribution < 1.29 is 9.59 Å². The molecule has 3 rings (SSSR count). The lowest BCUT2D eigenvalue weighted by atomic mass is 10.1. The molecule has 7 nitrogen and oxygen atoms in total. The summed E-state index contributed by atoms with van der Waals surface area (Å²) in [6.45, 7) is 9.58. The van der Waals surface area contributed by atoms with Crippen LogP contribution in [0.15, 0.2) is 36.4 Å². The highest BCUT2D eigenvalue weighted by Gasteiger charge is 2.19. The van der Waals surface area contributed by atoms with E-state index in [0.29, 0.717) is 5.69 Å². The Hall–Kier alpha value is -3.48. The SMILES string of the molecule is Cc1ccc(NC(=O)Cn2nnc(C(=O)Nc3c(C)cccc3C)c2C)cc1C. The van der Waals surface area contributed by atoms with Crippen molar-refractivity contribution in [3.05, 3.63) is 70.0 Å². The quantitative estimate of drug-likeness (QED) is 0.694. The van der Waals surface area contributed by atoms with Crippen LogP contribution < -0.4 is 10.6 Å². The first-order chi connectivity index (χ1) is 13.8. The van der Waals surface area contributed by atoms with E-state index in [4.69, 9.17) is 0 Å². The fourth-order valence-electron chi connectivity index (χ4n) is 3.06. The standard InChI is InChI=1S/C22H25N5O2/c1-13-9-10-18(11-16(13)4)23-19(28)12-27-17(5)21(25-26-27)22(29)24-20-14(2)7-6-8-15(20)3/h6-11H,12H2,1-5H3,(H,23,28)(H,24,29). The molecule has 0 aliphatic heterocycles. The van der Waals surface area contributed by atoms with Crippen molar-refractivity contribution in [3.63, 3.8) is 0 Å². The third-order valence-electron chi connectivity index (χ3n) is 5.00. The summed E-state index contributed by atoms with van der Waals surface area (Å²) in [5.74, 6) is -0.580. The first-order valence-corrected chi connectivity index (χ1v) is 9.41. The van der Waals surface area contributed by atoms with Crippen LogP contribution in [0.3, 0.4) is 0 Å². The monoisotopic (exact) mass is 391 g/mol. The van der Waals surface area contributed by atoms with E-state index in [1.807, 2.05) is 64.1 Å². The summed E-state index contributed by atoms with van der Waals surface area (Å²) >= 11 is 0. The van der Waals surface area contributed by atoms with E-state index < -0.39 is 0 Å². The predicted molar refractivity (Wildman–Crippen MR) is 113 cm³/mol. The summed E-state index contributed by atoms with van der Waals surface area (Å²) in [6, 6.07) is 11.5. The van der Waals surface area contributed by atoms with Crippen molar-refractivity contribution in [3.8, 4) is 0 Å². The molecule has 0 saturated carbocycles. The molecule has 1 heterocycles. The molecule has 0 atom stereocenters. The van der Waals surface area contributed by atoms with Gasteiger partial charge in [0.15, 0.2) is 5.69 Å². The molecule has 2 aromatic carbocycles. The van der Waals surface area contributed by atoms with Gasteiger partial charge in [-0.1, -0.05) is 29.5 Å². The third-order valence-corrected chi connectivity index (χ3v) is 5.00. The Morgan fingerprint density at radius 2 is 1.59 bits per heavy atom. The van der Waals surface area contributed by atoms with Crippen LogP contribution in [0.1, 0.15) is 38.4 Å². The molecule has 0 bridgehead atoms. The zero-order valence-electron chi connectivity index (χ0n) is 17.3. The van der Waals surface area contributed by atoms with Gasteiger partial charge in [-0.2, -0.15) is 0 Å². The van der Waals surface area contributed by atoms with E-state index in [9.17, 15) is 9.59 Å². The number of rotatable bonds is 5. The molecule has 0 aliphatic rings. The number of anilines is 2. The highest BCUT2D eigenvalue weighted by Crippen LogP contribution is 2.20. The Labute approximate surface area is 170 Å². The fourth-order valence-corrected chi connectivity index (χ4v) is 3.06. The Kier molecular flexibility index (Phi) is 5.77. The van der Waals surface area contributed by atoms with Crippen molar-refractivity contribution in [2.75, 3.05) is 10.6 Å². The average Bonchev–Trinajstić information content (AvgIpc) is 3.02. The number of aromatic nitrogens is 3. The van der Waals surface area contributed by atoms with Crippen LogP contribution in [0.2, 0.25) is 0 Å². The number of aryl methyl sites for hydroxylation is 4. The molecule has 0 aliphatic carbocycles. The second kappa shape index (κ2) is 8.26. The summed E-state index contributed by atoms with van der Waals surface area (Å²) in [6.07, 6.45) is 0.